The van der Waals surface area contributed by atoms with Crippen LogP contribution < -0.4 is 5.32 Å². The Hall–Kier alpha value is -2.20. The van der Waals surface area contributed by atoms with Gasteiger partial charge in [0.2, 0.25) is 0 Å². The zero-order valence-corrected chi connectivity index (χ0v) is 19.3. The highest BCUT2D eigenvalue weighted by atomic mass is 32.2. The summed E-state index contributed by atoms with van der Waals surface area (Å²) >= 11 is 3.24. The maximum atomic E-state index is 13.1. The van der Waals surface area contributed by atoms with E-state index in [0.29, 0.717) is 22.9 Å². The van der Waals surface area contributed by atoms with Gasteiger partial charge in [0.05, 0.1) is 30.5 Å². The molecule has 1 aliphatic rings. The smallest absolute Gasteiger partial charge is 0.254 e. The fraction of sp³-hybridized carbons (Fsp3) is 0.409. The summed E-state index contributed by atoms with van der Waals surface area (Å²) in [5.74, 6) is 1.35. The first-order valence-corrected chi connectivity index (χ1v) is 12.1. The summed E-state index contributed by atoms with van der Waals surface area (Å²) in [6, 6.07) is 7.95. The van der Waals surface area contributed by atoms with Crippen molar-refractivity contribution < 1.29 is 14.1 Å². The van der Waals surface area contributed by atoms with E-state index in [1.165, 1.54) is 16.6 Å². The first-order valence-electron chi connectivity index (χ1n) is 10.3. The number of thioether (sulfide) groups is 1. The van der Waals surface area contributed by atoms with Gasteiger partial charge in [-0.2, -0.15) is 0 Å². The van der Waals surface area contributed by atoms with Crippen molar-refractivity contribution in [1.29, 1.82) is 0 Å². The summed E-state index contributed by atoms with van der Waals surface area (Å²) in [7, 11) is 0. The normalized spacial score (nSPS) is 15.7. The fourth-order valence-corrected chi connectivity index (χ4v) is 5.60. The molecular formula is C22H26N4O3S2. The molecule has 0 saturated carbocycles. The number of amides is 1. The lowest BCUT2D eigenvalue weighted by Crippen LogP contribution is -2.43. The number of nitrogens with zero attached hydrogens (tertiary/aromatic N) is 3. The minimum atomic E-state index is -0.107. The van der Waals surface area contributed by atoms with Crippen molar-refractivity contribution in [3.8, 4) is 0 Å². The van der Waals surface area contributed by atoms with Crippen LogP contribution in [0.4, 0.5) is 0 Å². The number of aryl methyl sites for hydroxylation is 2. The van der Waals surface area contributed by atoms with Gasteiger partial charge in [0.25, 0.3) is 5.91 Å². The van der Waals surface area contributed by atoms with Crippen LogP contribution in [0.25, 0.3) is 0 Å². The number of rotatable bonds is 8. The highest BCUT2D eigenvalue weighted by Crippen LogP contribution is 2.28. The Bertz CT molecular complexity index is 981. The molecule has 1 amide bonds. The van der Waals surface area contributed by atoms with Crippen molar-refractivity contribution in [2.45, 2.75) is 30.7 Å². The largest absolute Gasteiger partial charge is 0.379 e. The van der Waals surface area contributed by atoms with Crippen molar-refractivity contribution in [3.05, 3.63) is 63.3 Å². The molecule has 0 aliphatic carbocycles. The summed E-state index contributed by atoms with van der Waals surface area (Å²) in [4.78, 5) is 21.2. The van der Waals surface area contributed by atoms with Gasteiger partial charge < -0.3 is 14.6 Å². The van der Waals surface area contributed by atoms with Crippen molar-refractivity contribution >= 4 is 29.0 Å². The molecule has 7 nitrogen and oxygen atoms in total. The summed E-state index contributed by atoms with van der Waals surface area (Å²) in [6.07, 6.45) is 1.72. The van der Waals surface area contributed by atoms with Crippen LogP contribution in [0.1, 0.15) is 38.3 Å². The van der Waals surface area contributed by atoms with Crippen molar-refractivity contribution in [2.75, 3.05) is 32.8 Å². The number of thiophene rings is 1. The first kappa shape index (κ1) is 22.0. The average molecular weight is 459 g/mol. The lowest BCUT2D eigenvalue weighted by atomic mass is 10.1. The molecule has 164 valence electrons. The van der Waals surface area contributed by atoms with Gasteiger partial charge in [0.1, 0.15) is 10.8 Å². The van der Waals surface area contributed by atoms with Gasteiger partial charge in [-0.3, -0.25) is 9.69 Å². The number of nitrogens with one attached hydrogen (secondary N) is 1. The zero-order valence-electron chi connectivity index (χ0n) is 17.7. The maximum Gasteiger partial charge on any atom is 0.254 e. The molecule has 1 N–H and O–H groups in total. The van der Waals surface area contributed by atoms with Gasteiger partial charge in [-0.25, -0.2) is 4.98 Å². The van der Waals surface area contributed by atoms with Crippen LogP contribution in [0.15, 0.2) is 45.4 Å². The lowest BCUT2D eigenvalue weighted by Gasteiger charge is -2.34. The molecule has 4 heterocycles. The van der Waals surface area contributed by atoms with Crippen LogP contribution >= 0.6 is 23.1 Å². The predicted octanol–water partition coefficient (Wildman–Crippen LogP) is 3.84. The highest BCUT2D eigenvalue weighted by molar-refractivity contribution is 7.98. The maximum absolute atomic E-state index is 13.1. The molecule has 1 atom stereocenters. The topological polar surface area (TPSA) is 80.5 Å². The van der Waals surface area contributed by atoms with Crippen LogP contribution in [0.5, 0.6) is 0 Å². The van der Waals surface area contributed by atoms with Crippen LogP contribution in [0.2, 0.25) is 0 Å². The molecule has 0 spiro atoms. The van der Waals surface area contributed by atoms with Crippen LogP contribution in [-0.4, -0.2) is 53.8 Å². The van der Waals surface area contributed by atoms with E-state index >= 15 is 0 Å². The van der Waals surface area contributed by atoms with Gasteiger partial charge in [-0.1, -0.05) is 11.2 Å². The molecule has 3 aromatic heterocycles. The molecule has 0 aromatic carbocycles. The molecule has 4 rings (SSSR count). The molecule has 1 saturated heterocycles. The molecule has 31 heavy (non-hydrogen) atoms. The quantitative estimate of drug-likeness (QED) is 0.514. The molecule has 9 heteroatoms. The van der Waals surface area contributed by atoms with Crippen molar-refractivity contribution in [3.63, 3.8) is 0 Å². The number of pyridine rings is 1. The average Bonchev–Trinajstić information content (AvgIpc) is 3.44. The number of hydrogen-bond donors (Lipinski definition) is 1. The Balaban J connectivity index is 1.44. The van der Waals surface area contributed by atoms with E-state index in [1.54, 1.807) is 23.6 Å². The number of morpholine rings is 1. The van der Waals surface area contributed by atoms with Crippen LogP contribution in [0.3, 0.4) is 0 Å². The third kappa shape index (κ3) is 5.35. The minimum Gasteiger partial charge on any atom is -0.379 e. The number of aromatic nitrogens is 2. The van der Waals surface area contributed by atoms with E-state index in [1.807, 2.05) is 19.9 Å². The van der Waals surface area contributed by atoms with Crippen molar-refractivity contribution in [1.82, 2.24) is 20.4 Å². The second kappa shape index (κ2) is 10.4. The van der Waals surface area contributed by atoms with Crippen LogP contribution in [0, 0.1) is 13.8 Å². The summed E-state index contributed by atoms with van der Waals surface area (Å²) < 4.78 is 10.7. The van der Waals surface area contributed by atoms with E-state index in [2.05, 4.69) is 37.9 Å². The summed E-state index contributed by atoms with van der Waals surface area (Å²) in [5, 5.41) is 9.93. The highest BCUT2D eigenvalue weighted by Gasteiger charge is 2.25. The van der Waals surface area contributed by atoms with E-state index in [-0.39, 0.29) is 11.9 Å². The molecule has 1 aliphatic heterocycles. The number of hydrogen-bond acceptors (Lipinski definition) is 8. The Kier molecular flexibility index (Phi) is 7.39. The fourth-order valence-electron chi connectivity index (χ4n) is 3.59. The van der Waals surface area contributed by atoms with Gasteiger partial charge >= 0.3 is 0 Å². The number of carbonyl (C=O) groups excluding carboxylic acids is 1. The Morgan fingerprint density at radius 2 is 2.13 bits per heavy atom. The molecule has 3 aromatic rings. The van der Waals surface area contributed by atoms with Gasteiger partial charge in [-0.15, -0.1) is 23.1 Å². The van der Waals surface area contributed by atoms with E-state index in [0.717, 1.165) is 43.3 Å². The molecular weight excluding hydrogens is 432 g/mol. The Morgan fingerprint density at radius 1 is 1.29 bits per heavy atom. The SMILES string of the molecule is Cc1noc(C)c1CSc1ncccc1C(=O)NCC(c1cccs1)N1CCOCC1. The minimum absolute atomic E-state index is 0.107. The zero-order chi connectivity index (χ0) is 21.6. The van der Waals surface area contributed by atoms with Gasteiger partial charge in [0.15, 0.2) is 0 Å². The molecule has 1 fully saturated rings. The van der Waals surface area contributed by atoms with E-state index in [9.17, 15) is 4.79 Å². The van der Waals surface area contributed by atoms with E-state index in [4.69, 9.17) is 9.26 Å². The predicted molar refractivity (Wildman–Crippen MR) is 122 cm³/mol. The van der Waals surface area contributed by atoms with Gasteiger partial charge in [0, 0.05) is 42.0 Å². The monoisotopic (exact) mass is 458 g/mol. The van der Waals surface area contributed by atoms with E-state index < -0.39 is 0 Å². The number of carbonyl (C=O) groups is 1. The second-order valence-corrected chi connectivity index (χ2v) is 9.28. The first-order chi connectivity index (χ1) is 15.1. The summed E-state index contributed by atoms with van der Waals surface area (Å²) in [6.45, 7) is 7.55. The Labute approximate surface area is 190 Å². The Morgan fingerprint density at radius 3 is 2.84 bits per heavy atom. The van der Waals surface area contributed by atoms with Crippen LogP contribution in [-0.2, 0) is 10.5 Å². The third-order valence-corrected chi connectivity index (χ3v) is 7.37. The molecule has 1 unspecified atom stereocenters. The standard InChI is InChI=1S/C22H26N4O3S2/c1-15-18(16(2)29-25-15)14-31-22-17(5-3-7-23-22)21(27)24-13-19(20-6-4-12-30-20)26-8-10-28-11-9-26/h3-7,12,19H,8-11,13-14H2,1-2H3,(H,24,27). The molecule has 0 radical (unpaired) electrons. The number of ether oxygens (including phenoxy) is 1. The second-order valence-electron chi connectivity index (χ2n) is 7.34. The van der Waals surface area contributed by atoms with Crippen molar-refractivity contribution in [2.24, 2.45) is 0 Å². The van der Waals surface area contributed by atoms with Gasteiger partial charge in [-0.05, 0) is 37.4 Å². The lowest BCUT2D eigenvalue weighted by molar-refractivity contribution is 0.0169. The third-order valence-electron chi connectivity index (χ3n) is 5.36. The molecule has 0 bridgehead atoms. The summed E-state index contributed by atoms with van der Waals surface area (Å²) in [5.41, 5.74) is 2.51.